The van der Waals surface area contributed by atoms with E-state index in [1.807, 2.05) is 0 Å². The number of hydrogen-bond acceptors (Lipinski definition) is 2. The highest BCUT2D eigenvalue weighted by molar-refractivity contribution is 7.82. The normalized spacial score (nSPS) is 48.9. The van der Waals surface area contributed by atoms with E-state index in [1.54, 1.807) is 0 Å². The first-order chi connectivity index (χ1) is 8.12. The third-order valence-corrected chi connectivity index (χ3v) is 7.12. The molecule has 0 saturated heterocycles. The molecule has 2 fully saturated rings. The van der Waals surface area contributed by atoms with Crippen molar-refractivity contribution in [2.24, 2.45) is 11.1 Å². The Labute approximate surface area is 120 Å². The second-order valence-corrected chi connectivity index (χ2v) is 9.07. The second kappa shape index (κ2) is 4.48. The molecule has 0 aromatic carbocycles. The molecule has 2 saturated carbocycles. The minimum Gasteiger partial charge on any atom is -0.333 e. The second-order valence-electron chi connectivity index (χ2n) is 8.08. The summed E-state index contributed by atoms with van der Waals surface area (Å²) in [5.41, 5.74) is 7.10. The maximum absolute atomic E-state index is 6.74. The largest absolute Gasteiger partial charge is 0.333 e. The molecule has 3 atom stereocenters. The Balaban J connectivity index is 2.32. The molecule has 18 heavy (non-hydrogen) atoms. The summed E-state index contributed by atoms with van der Waals surface area (Å²) < 4.78 is 0.0408. The van der Waals surface area contributed by atoms with Crippen LogP contribution in [0.15, 0.2) is 0 Å². The lowest BCUT2D eigenvalue weighted by Gasteiger charge is -2.62. The molecule has 0 amide bonds. The van der Waals surface area contributed by atoms with Crippen molar-refractivity contribution in [1.29, 1.82) is 0 Å². The maximum atomic E-state index is 6.74. The van der Waals surface area contributed by atoms with Crippen molar-refractivity contribution in [2.75, 3.05) is 0 Å². The zero-order valence-electron chi connectivity index (χ0n) is 12.7. The highest BCUT2D eigenvalue weighted by Crippen LogP contribution is 2.62. The van der Waals surface area contributed by atoms with Crippen LogP contribution in [0.25, 0.3) is 0 Å². The average Bonchev–Trinajstić information content (AvgIpc) is 2.40. The Morgan fingerprint density at radius 3 is 1.89 bits per heavy atom. The molecule has 0 aromatic heterocycles. The molecule has 2 aliphatic rings. The van der Waals surface area contributed by atoms with Crippen molar-refractivity contribution in [1.82, 2.24) is 0 Å². The van der Waals surface area contributed by atoms with Crippen molar-refractivity contribution >= 4 is 28.3 Å². The summed E-state index contributed by atoms with van der Waals surface area (Å²) in [6.45, 7) is 4.62. The van der Waals surface area contributed by atoms with Crippen LogP contribution in [0.1, 0.15) is 65.2 Å². The maximum Gasteiger partial charge on any atom is 0.127 e. The zero-order valence-corrected chi connectivity index (χ0v) is 13.6. The summed E-state index contributed by atoms with van der Waals surface area (Å²) in [4.78, 5) is 0. The summed E-state index contributed by atoms with van der Waals surface area (Å²) in [7, 11) is 4.57. The van der Waals surface area contributed by atoms with E-state index in [0.717, 1.165) is 0 Å². The fourth-order valence-corrected chi connectivity index (χ4v) is 5.05. The van der Waals surface area contributed by atoms with Crippen LogP contribution in [0.3, 0.4) is 0 Å². The molecule has 1 spiro atoms. The summed E-state index contributed by atoms with van der Waals surface area (Å²) in [5.74, 6) is 0. The fraction of sp³-hybridized carbons (Fsp3) is 1.00. The van der Waals surface area contributed by atoms with Crippen molar-refractivity contribution in [3.8, 4) is 0 Å². The Kier molecular flexibility index (Phi) is 3.69. The van der Waals surface area contributed by atoms with E-state index in [0.29, 0.717) is 5.41 Å². The SMILES string of the molecule is BC1(N)CC2(CCCCCC2)CC(C)(S)C1(B)C. The Bertz CT molecular complexity index is 296. The molecule has 102 valence electrons. The molecule has 0 bridgehead atoms. The van der Waals surface area contributed by atoms with Crippen molar-refractivity contribution in [3.63, 3.8) is 0 Å². The van der Waals surface area contributed by atoms with Crippen LogP contribution in [-0.2, 0) is 0 Å². The van der Waals surface area contributed by atoms with Gasteiger partial charge < -0.3 is 5.73 Å². The molecular weight excluding hydrogens is 236 g/mol. The molecule has 3 unspecified atom stereocenters. The first kappa shape index (κ1) is 14.8. The van der Waals surface area contributed by atoms with Crippen LogP contribution in [0, 0.1) is 5.41 Å². The average molecular weight is 265 g/mol. The number of thiol groups is 1. The van der Waals surface area contributed by atoms with E-state index >= 15 is 0 Å². The summed E-state index contributed by atoms with van der Waals surface area (Å²) >= 11 is 5.05. The van der Waals surface area contributed by atoms with Crippen molar-refractivity contribution in [3.05, 3.63) is 0 Å². The first-order valence-electron chi connectivity index (χ1n) is 7.63. The van der Waals surface area contributed by atoms with Crippen LogP contribution in [0.5, 0.6) is 0 Å². The minimum absolute atomic E-state index is 0.0408. The predicted molar refractivity (Wildman–Crippen MR) is 89.1 cm³/mol. The lowest BCUT2D eigenvalue weighted by Crippen LogP contribution is -2.65. The molecule has 0 aliphatic heterocycles. The molecule has 4 heteroatoms. The van der Waals surface area contributed by atoms with Crippen LogP contribution < -0.4 is 5.73 Å². The summed E-state index contributed by atoms with van der Waals surface area (Å²) in [6, 6.07) is 0. The third kappa shape index (κ3) is 2.28. The van der Waals surface area contributed by atoms with Gasteiger partial charge in [0.05, 0.1) is 0 Å². The lowest BCUT2D eigenvalue weighted by atomic mass is 9.37. The topological polar surface area (TPSA) is 26.0 Å². The van der Waals surface area contributed by atoms with Crippen LogP contribution in [0.4, 0.5) is 0 Å². The van der Waals surface area contributed by atoms with Gasteiger partial charge in [-0.1, -0.05) is 39.5 Å². The van der Waals surface area contributed by atoms with Gasteiger partial charge >= 0.3 is 0 Å². The van der Waals surface area contributed by atoms with E-state index in [1.165, 1.54) is 51.4 Å². The van der Waals surface area contributed by atoms with Crippen molar-refractivity contribution < 1.29 is 0 Å². The molecule has 2 rings (SSSR count). The quantitative estimate of drug-likeness (QED) is 0.508. The monoisotopic (exact) mass is 265 g/mol. The molecular formula is C14H29B2NS. The van der Waals surface area contributed by atoms with E-state index in [4.69, 9.17) is 18.4 Å². The Morgan fingerprint density at radius 2 is 1.44 bits per heavy atom. The van der Waals surface area contributed by atoms with Gasteiger partial charge in [-0.25, -0.2) is 0 Å². The summed E-state index contributed by atoms with van der Waals surface area (Å²) in [5, 5.41) is 0.0840. The van der Waals surface area contributed by atoms with E-state index < -0.39 is 0 Å². The lowest BCUT2D eigenvalue weighted by molar-refractivity contribution is 0.0783. The van der Waals surface area contributed by atoms with Gasteiger partial charge in [0, 0.05) is 4.75 Å². The van der Waals surface area contributed by atoms with Crippen LogP contribution in [-0.4, -0.2) is 25.9 Å². The molecule has 0 aromatic rings. The molecule has 2 N–H and O–H groups in total. The van der Waals surface area contributed by atoms with E-state index in [2.05, 4.69) is 29.5 Å². The van der Waals surface area contributed by atoms with Crippen LogP contribution >= 0.6 is 12.6 Å². The molecule has 0 radical (unpaired) electrons. The summed E-state index contributed by atoms with van der Waals surface area (Å²) in [6.07, 6.45) is 10.8. The van der Waals surface area contributed by atoms with Crippen LogP contribution in [0.2, 0.25) is 5.31 Å². The highest BCUT2D eigenvalue weighted by atomic mass is 32.1. The molecule has 2 aliphatic carbocycles. The Morgan fingerprint density at radius 1 is 0.944 bits per heavy atom. The van der Waals surface area contributed by atoms with E-state index in [9.17, 15) is 0 Å². The smallest absolute Gasteiger partial charge is 0.127 e. The van der Waals surface area contributed by atoms with Gasteiger partial charge in [-0.15, -0.1) is 0 Å². The molecule has 1 nitrogen and oxygen atoms in total. The zero-order chi connectivity index (χ0) is 13.7. The number of rotatable bonds is 0. The molecule has 0 heterocycles. The van der Waals surface area contributed by atoms with Gasteiger partial charge in [0.2, 0.25) is 0 Å². The van der Waals surface area contributed by atoms with E-state index in [-0.39, 0.29) is 15.5 Å². The fourth-order valence-electron chi connectivity index (χ4n) is 4.46. The van der Waals surface area contributed by atoms with Gasteiger partial charge in [-0.2, -0.15) is 12.6 Å². The Hall–Kier alpha value is 0.440. The van der Waals surface area contributed by atoms with Gasteiger partial charge in [0.1, 0.15) is 15.7 Å². The third-order valence-electron chi connectivity index (χ3n) is 6.40. The van der Waals surface area contributed by atoms with Gasteiger partial charge in [-0.05, 0) is 41.9 Å². The number of hydrogen-bond donors (Lipinski definition) is 2. The van der Waals surface area contributed by atoms with Crippen molar-refractivity contribution in [2.45, 2.75) is 80.7 Å². The van der Waals surface area contributed by atoms with Gasteiger partial charge in [-0.3, -0.25) is 0 Å². The van der Waals surface area contributed by atoms with Gasteiger partial charge in [0.25, 0.3) is 0 Å². The number of nitrogens with two attached hydrogens (primary N) is 1. The minimum atomic E-state index is -0.105. The standard InChI is InChI=1S/C14H29B2NS/c1-11(18)9-13(7-5-3-4-6-8-13)10-14(16,17)12(11,2)15/h18H,3-10,15-17H2,1-2H3. The highest BCUT2D eigenvalue weighted by Gasteiger charge is 2.58. The van der Waals surface area contributed by atoms with Gasteiger partial charge in [0.15, 0.2) is 0 Å². The predicted octanol–water partition coefficient (Wildman–Crippen LogP) is 1.91. The first-order valence-corrected chi connectivity index (χ1v) is 8.08.